The molecule has 1 aromatic carbocycles. The van der Waals surface area contributed by atoms with E-state index in [-0.39, 0.29) is 5.96 Å². The SMILES string of the molecule is C=C/C=C(\C=C)CCCCN=C(N)NC(N)=NCC1CCCC(CN=C(N)NC(N)=NCCCCc2ccccc2)C1. The van der Waals surface area contributed by atoms with Gasteiger partial charge in [-0.25, -0.2) is 0 Å². The molecule has 0 saturated heterocycles. The van der Waals surface area contributed by atoms with Crippen molar-refractivity contribution in [2.75, 3.05) is 26.2 Å². The Bertz CT molecular complexity index is 1090. The third-order valence-electron chi connectivity index (χ3n) is 7.19. The van der Waals surface area contributed by atoms with E-state index in [0.29, 0.717) is 55.9 Å². The highest BCUT2D eigenvalue weighted by Crippen LogP contribution is 2.29. The van der Waals surface area contributed by atoms with Crippen LogP contribution in [0.15, 0.2) is 87.3 Å². The topological polar surface area (TPSA) is 178 Å². The number of nitrogens with one attached hydrogen (secondary N) is 2. The zero-order chi connectivity index (χ0) is 30.4. The Balaban J connectivity index is 1.64. The summed E-state index contributed by atoms with van der Waals surface area (Å²) >= 11 is 0. The average molecular weight is 577 g/mol. The minimum absolute atomic E-state index is 0.288. The molecule has 2 atom stereocenters. The van der Waals surface area contributed by atoms with Gasteiger partial charge in [0, 0.05) is 26.2 Å². The van der Waals surface area contributed by atoms with E-state index in [1.54, 1.807) is 6.08 Å². The molecule has 0 amide bonds. The highest BCUT2D eigenvalue weighted by Gasteiger charge is 2.21. The van der Waals surface area contributed by atoms with E-state index in [1.165, 1.54) is 11.1 Å². The number of allylic oxidation sites excluding steroid dienone is 4. The maximum absolute atomic E-state index is 6.06. The number of nitrogens with two attached hydrogens (primary N) is 4. The van der Waals surface area contributed by atoms with Crippen LogP contribution in [0.5, 0.6) is 0 Å². The van der Waals surface area contributed by atoms with Gasteiger partial charge in [-0.1, -0.05) is 68.1 Å². The first kappa shape index (κ1) is 34.1. The van der Waals surface area contributed by atoms with Gasteiger partial charge < -0.3 is 22.9 Å². The van der Waals surface area contributed by atoms with Gasteiger partial charge in [0.1, 0.15) is 0 Å². The van der Waals surface area contributed by atoms with Gasteiger partial charge in [-0.15, -0.1) is 0 Å². The lowest BCUT2D eigenvalue weighted by Crippen LogP contribution is -2.42. The van der Waals surface area contributed by atoms with Crippen molar-refractivity contribution in [2.24, 2.45) is 54.7 Å². The minimum atomic E-state index is 0.288. The van der Waals surface area contributed by atoms with E-state index in [9.17, 15) is 0 Å². The maximum atomic E-state index is 6.06. The monoisotopic (exact) mass is 576 g/mol. The van der Waals surface area contributed by atoms with Crippen LogP contribution < -0.4 is 33.6 Å². The first-order valence-corrected chi connectivity index (χ1v) is 15.1. The second-order valence-electron chi connectivity index (χ2n) is 10.7. The molecule has 2 rings (SSSR count). The summed E-state index contributed by atoms with van der Waals surface area (Å²) in [4.78, 5) is 17.7. The van der Waals surface area contributed by atoms with Crippen LogP contribution in [0.4, 0.5) is 0 Å². The maximum Gasteiger partial charge on any atom is 0.195 e. The Morgan fingerprint density at radius 3 is 1.86 bits per heavy atom. The van der Waals surface area contributed by atoms with Gasteiger partial charge in [-0.2, -0.15) is 0 Å². The summed E-state index contributed by atoms with van der Waals surface area (Å²) in [6, 6.07) is 10.5. The van der Waals surface area contributed by atoms with Crippen molar-refractivity contribution in [3.05, 3.63) is 72.9 Å². The van der Waals surface area contributed by atoms with Crippen molar-refractivity contribution in [3.8, 4) is 0 Å². The molecule has 0 aliphatic heterocycles. The summed E-state index contributed by atoms with van der Waals surface area (Å²) in [6.07, 6.45) is 15.9. The lowest BCUT2D eigenvalue weighted by Gasteiger charge is -2.27. The number of benzene rings is 1. The number of hydrogen-bond acceptors (Lipinski definition) is 4. The second kappa shape index (κ2) is 20.7. The lowest BCUT2D eigenvalue weighted by molar-refractivity contribution is 0.278. The molecule has 0 spiro atoms. The van der Waals surface area contributed by atoms with Crippen LogP contribution in [0.2, 0.25) is 0 Å². The smallest absolute Gasteiger partial charge is 0.195 e. The van der Waals surface area contributed by atoms with Crippen molar-refractivity contribution >= 4 is 23.8 Å². The number of nitrogens with zero attached hydrogens (tertiary/aromatic N) is 4. The van der Waals surface area contributed by atoms with E-state index in [0.717, 1.165) is 64.2 Å². The Hall–Kier alpha value is -4.08. The van der Waals surface area contributed by atoms with Crippen LogP contribution in [0.25, 0.3) is 0 Å². The number of aryl methyl sites for hydroxylation is 1. The van der Waals surface area contributed by atoms with E-state index in [1.807, 2.05) is 18.2 Å². The van der Waals surface area contributed by atoms with Crippen LogP contribution in [-0.2, 0) is 6.42 Å². The molecule has 230 valence electrons. The number of rotatable bonds is 16. The van der Waals surface area contributed by atoms with Crippen LogP contribution >= 0.6 is 0 Å². The van der Waals surface area contributed by atoms with Crippen molar-refractivity contribution < 1.29 is 0 Å². The Morgan fingerprint density at radius 1 is 0.762 bits per heavy atom. The van der Waals surface area contributed by atoms with Crippen LogP contribution in [0.3, 0.4) is 0 Å². The second-order valence-corrected chi connectivity index (χ2v) is 10.7. The zero-order valence-electron chi connectivity index (χ0n) is 25.2. The Kier molecular flexibility index (Phi) is 16.9. The van der Waals surface area contributed by atoms with Crippen LogP contribution in [0, 0.1) is 11.8 Å². The molecule has 2 unspecified atom stereocenters. The third-order valence-corrected chi connectivity index (χ3v) is 7.19. The third kappa shape index (κ3) is 15.6. The van der Waals surface area contributed by atoms with Gasteiger partial charge in [0.2, 0.25) is 0 Å². The zero-order valence-corrected chi connectivity index (χ0v) is 25.2. The summed E-state index contributed by atoms with van der Waals surface area (Å²) in [5.74, 6) is 2.08. The molecule has 1 aromatic rings. The highest BCUT2D eigenvalue weighted by atomic mass is 15.2. The van der Waals surface area contributed by atoms with E-state index >= 15 is 0 Å². The molecule has 1 fully saturated rings. The molecular weight excluding hydrogens is 524 g/mol. The normalized spacial score (nSPS) is 18.9. The van der Waals surface area contributed by atoms with Crippen molar-refractivity contribution in [1.82, 2.24) is 10.6 Å². The predicted molar refractivity (Wildman–Crippen MR) is 179 cm³/mol. The number of guanidine groups is 4. The predicted octanol–water partition coefficient (Wildman–Crippen LogP) is 3.72. The quantitative estimate of drug-likeness (QED) is 0.0755. The number of unbranched alkanes of at least 4 members (excludes halogenated alkanes) is 2. The first-order chi connectivity index (χ1) is 20.4. The van der Waals surface area contributed by atoms with Gasteiger partial charge >= 0.3 is 0 Å². The fourth-order valence-corrected chi connectivity index (χ4v) is 4.94. The molecular formula is C32H52N10. The fourth-order valence-electron chi connectivity index (χ4n) is 4.94. The summed E-state index contributed by atoms with van der Waals surface area (Å²) in [7, 11) is 0. The molecule has 1 aliphatic carbocycles. The molecule has 10 N–H and O–H groups in total. The molecule has 0 radical (unpaired) electrons. The summed E-state index contributed by atoms with van der Waals surface area (Å²) in [6.45, 7) is 10.1. The van der Waals surface area contributed by atoms with E-state index in [2.05, 4.69) is 68.0 Å². The van der Waals surface area contributed by atoms with Crippen molar-refractivity contribution in [3.63, 3.8) is 0 Å². The van der Waals surface area contributed by atoms with Crippen molar-refractivity contribution in [2.45, 2.75) is 64.2 Å². The molecule has 0 bridgehead atoms. The largest absolute Gasteiger partial charge is 0.370 e. The van der Waals surface area contributed by atoms with E-state index < -0.39 is 0 Å². The standard InChI is InChI=1S/C32H52N10/c1-3-13-25(4-2)14-8-10-20-37-29(33)41-31(35)39-23-27-18-12-19-28(22-27)24-40-32(36)42-30(34)38-21-11-9-17-26-15-6-5-7-16-26/h3-7,13,15-16,27-28H,1-2,8-12,14,17-24H2,(H5,33,35,37,39,41)(H5,34,36,38,40,42)/b25-13+. The molecule has 10 nitrogen and oxygen atoms in total. The summed E-state index contributed by atoms with van der Waals surface area (Å²) in [5.41, 5.74) is 26.6. The highest BCUT2D eigenvalue weighted by molar-refractivity contribution is 5.97. The number of hydrogen-bond donors (Lipinski definition) is 6. The minimum Gasteiger partial charge on any atom is -0.370 e. The van der Waals surface area contributed by atoms with Crippen LogP contribution in [-0.4, -0.2) is 50.0 Å². The van der Waals surface area contributed by atoms with Crippen molar-refractivity contribution in [1.29, 1.82) is 0 Å². The van der Waals surface area contributed by atoms with Gasteiger partial charge in [-0.05, 0) is 80.8 Å². The van der Waals surface area contributed by atoms with Gasteiger partial charge in [0.25, 0.3) is 0 Å². The van der Waals surface area contributed by atoms with Crippen LogP contribution in [0.1, 0.15) is 63.4 Å². The average Bonchev–Trinajstić information content (AvgIpc) is 2.99. The summed E-state index contributed by atoms with van der Waals surface area (Å²) in [5, 5.41) is 5.80. The van der Waals surface area contributed by atoms with Gasteiger partial charge in [0.15, 0.2) is 23.8 Å². The van der Waals surface area contributed by atoms with E-state index in [4.69, 9.17) is 22.9 Å². The Labute approximate surface area is 252 Å². The van der Waals surface area contributed by atoms with Gasteiger partial charge in [0.05, 0.1) is 0 Å². The first-order valence-electron chi connectivity index (χ1n) is 15.1. The molecule has 0 heterocycles. The number of aliphatic imine (C=N–C) groups is 4. The lowest BCUT2D eigenvalue weighted by atomic mass is 9.81. The van der Waals surface area contributed by atoms with Gasteiger partial charge in [-0.3, -0.25) is 30.6 Å². The Morgan fingerprint density at radius 2 is 1.31 bits per heavy atom. The molecule has 1 saturated carbocycles. The molecule has 0 aromatic heterocycles. The summed E-state index contributed by atoms with van der Waals surface area (Å²) < 4.78 is 0. The molecule has 42 heavy (non-hydrogen) atoms. The fraction of sp³-hybridized carbons (Fsp3) is 0.500. The molecule has 1 aliphatic rings. The molecule has 10 heteroatoms.